The van der Waals surface area contributed by atoms with E-state index in [9.17, 15) is 25.2 Å². The molecule has 6 unspecified atom stereocenters. The van der Waals surface area contributed by atoms with Gasteiger partial charge < -0.3 is 39.4 Å². The normalized spacial score (nSPS) is 19.4. The Hall–Kier alpha value is -1.07. The Morgan fingerprint density at radius 2 is 0.846 bits per heavy atom. The molecule has 1 saturated heterocycles. The van der Waals surface area contributed by atoms with Gasteiger partial charge in [-0.1, -0.05) is 244 Å². The largest absolute Gasteiger partial charge is 0.457 e. The highest BCUT2D eigenvalue weighted by Gasteiger charge is 2.44. The zero-order valence-electron chi connectivity index (χ0n) is 42.8. The number of allylic oxidation sites excluding steroid dienone is 2. The molecule has 0 aromatic carbocycles. The van der Waals surface area contributed by atoms with E-state index in [0.29, 0.717) is 13.0 Å². The molecular weight excluding hydrogens is 817 g/mol. The van der Waals surface area contributed by atoms with Crippen LogP contribution in [0, 0.1) is 0 Å². The molecule has 0 saturated carbocycles. The third-order valence-electron chi connectivity index (χ3n) is 13.4. The lowest BCUT2D eigenvalue weighted by molar-refractivity contribution is -0.305. The molecule has 9 heteroatoms. The van der Waals surface area contributed by atoms with Gasteiger partial charge in [-0.15, -0.1) is 0 Å². The highest BCUT2D eigenvalue weighted by Crippen LogP contribution is 2.23. The van der Waals surface area contributed by atoms with Crippen LogP contribution in [-0.2, 0) is 23.7 Å². The predicted octanol–water partition coefficient (Wildman–Crippen LogP) is 14.3. The summed E-state index contributed by atoms with van der Waals surface area (Å²) in [5.74, 6) is -0.315. The summed E-state index contributed by atoms with van der Waals surface area (Å²) in [7, 11) is 0. The monoisotopic (exact) mass is 925 g/mol. The van der Waals surface area contributed by atoms with E-state index >= 15 is 0 Å². The van der Waals surface area contributed by atoms with Crippen LogP contribution in [0.4, 0.5) is 0 Å². The number of carbonyl (C=O) groups excluding carboxylic acids is 1. The lowest BCUT2D eigenvalue weighted by Crippen LogP contribution is -2.59. The Balaban J connectivity index is 2.12. The fourth-order valence-corrected chi connectivity index (χ4v) is 9.02. The molecular formula is C56H108O9. The van der Waals surface area contributed by atoms with Gasteiger partial charge in [0.25, 0.3) is 0 Å². The van der Waals surface area contributed by atoms with Crippen molar-refractivity contribution in [2.24, 2.45) is 0 Å². The molecule has 0 spiro atoms. The van der Waals surface area contributed by atoms with Crippen molar-refractivity contribution in [1.82, 2.24) is 0 Å². The number of hydrogen-bond donors (Lipinski definition) is 4. The first-order valence-corrected chi connectivity index (χ1v) is 28.3. The van der Waals surface area contributed by atoms with Gasteiger partial charge >= 0.3 is 5.97 Å². The molecule has 0 aromatic rings. The van der Waals surface area contributed by atoms with Gasteiger partial charge in [-0.3, -0.25) is 4.79 Å². The highest BCUT2D eigenvalue weighted by atomic mass is 16.7. The molecule has 9 nitrogen and oxygen atoms in total. The zero-order valence-corrected chi connectivity index (χ0v) is 42.8. The Kier molecular flexibility index (Phi) is 45.7. The smallest absolute Gasteiger partial charge is 0.306 e. The van der Waals surface area contributed by atoms with Crippen LogP contribution in [0.2, 0.25) is 0 Å². The maximum absolute atomic E-state index is 12.8. The van der Waals surface area contributed by atoms with Gasteiger partial charge in [0.15, 0.2) is 6.29 Å². The second-order valence-corrected chi connectivity index (χ2v) is 19.7. The van der Waals surface area contributed by atoms with Crippen LogP contribution in [0.3, 0.4) is 0 Å². The first kappa shape index (κ1) is 61.9. The van der Waals surface area contributed by atoms with Gasteiger partial charge in [0.2, 0.25) is 0 Å². The van der Waals surface area contributed by atoms with E-state index in [4.69, 9.17) is 18.9 Å². The van der Waals surface area contributed by atoms with E-state index in [1.165, 1.54) is 212 Å². The Morgan fingerprint density at radius 1 is 0.477 bits per heavy atom. The number of rotatable bonds is 50. The number of aliphatic hydroxyl groups is 4. The summed E-state index contributed by atoms with van der Waals surface area (Å²) >= 11 is 0. The van der Waals surface area contributed by atoms with E-state index in [1.807, 2.05) is 0 Å². The fraction of sp³-hybridized carbons (Fsp3) is 0.946. The molecule has 0 radical (unpaired) electrons. The Labute approximate surface area is 401 Å². The topological polar surface area (TPSA) is 135 Å². The molecule has 1 aliphatic rings. The molecule has 1 heterocycles. The Morgan fingerprint density at radius 3 is 1.25 bits per heavy atom. The minimum atomic E-state index is -1.53. The molecule has 0 bridgehead atoms. The number of carbonyl (C=O) groups is 1. The molecule has 6 atom stereocenters. The minimum absolute atomic E-state index is 0.111. The first-order chi connectivity index (χ1) is 31.9. The van der Waals surface area contributed by atoms with Crippen molar-refractivity contribution in [3.05, 3.63) is 12.2 Å². The molecule has 1 aliphatic heterocycles. The van der Waals surface area contributed by atoms with Gasteiger partial charge in [0.05, 0.1) is 19.8 Å². The number of unbranched alkanes of at least 4 members (excludes halogenated alkanes) is 37. The third kappa shape index (κ3) is 38.5. The van der Waals surface area contributed by atoms with Gasteiger partial charge in [-0.05, 0) is 38.5 Å². The maximum Gasteiger partial charge on any atom is 0.306 e. The summed E-state index contributed by atoms with van der Waals surface area (Å²) in [5.41, 5.74) is 0. The van der Waals surface area contributed by atoms with Crippen molar-refractivity contribution in [2.75, 3.05) is 26.4 Å². The van der Waals surface area contributed by atoms with Crippen molar-refractivity contribution >= 4 is 5.97 Å². The van der Waals surface area contributed by atoms with E-state index in [0.717, 1.165) is 44.9 Å². The summed E-state index contributed by atoms with van der Waals surface area (Å²) in [6, 6.07) is 0. The second-order valence-electron chi connectivity index (χ2n) is 19.7. The fourth-order valence-electron chi connectivity index (χ4n) is 9.02. The van der Waals surface area contributed by atoms with Crippen molar-refractivity contribution in [2.45, 2.75) is 314 Å². The molecule has 4 N–H and O–H groups in total. The molecule has 0 amide bonds. The number of hydrogen-bond acceptors (Lipinski definition) is 9. The molecule has 0 aromatic heterocycles. The maximum atomic E-state index is 12.8. The van der Waals surface area contributed by atoms with Crippen LogP contribution >= 0.6 is 0 Å². The van der Waals surface area contributed by atoms with Crippen LogP contribution < -0.4 is 0 Å². The SMILES string of the molecule is CCCCCCCCC/C=C\CCCCCCCC(=O)OC(COCCCCCCCCCCCCCCCCCCCCCCCCCCCC)COC1OC(CO)C(O)C(O)C1O. The number of esters is 1. The van der Waals surface area contributed by atoms with Crippen molar-refractivity contribution in [1.29, 1.82) is 0 Å². The number of aliphatic hydroxyl groups excluding tert-OH is 4. The number of ether oxygens (including phenoxy) is 4. The third-order valence-corrected chi connectivity index (χ3v) is 13.4. The van der Waals surface area contributed by atoms with E-state index in [2.05, 4.69) is 26.0 Å². The first-order valence-electron chi connectivity index (χ1n) is 28.3. The molecule has 1 rings (SSSR count). The van der Waals surface area contributed by atoms with Crippen LogP contribution in [0.25, 0.3) is 0 Å². The van der Waals surface area contributed by atoms with Crippen molar-refractivity contribution in [3.8, 4) is 0 Å². The van der Waals surface area contributed by atoms with Crippen LogP contribution in [0.1, 0.15) is 277 Å². The van der Waals surface area contributed by atoms with Gasteiger partial charge in [0.1, 0.15) is 30.5 Å². The lowest BCUT2D eigenvalue weighted by Gasteiger charge is -2.39. The molecule has 1 fully saturated rings. The van der Waals surface area contributed by atoms with Gasteiger partial charge in [-0.25, -0.2) is 0 Å². The molecule has 0 aliphatic carbocycles. The van der Waals surface area contributed by atoms with Crippen molar-refractivity contribution < 1.29 is 44.2 Å². The average Bonchev–Trinajstić information content (AvgIpc) is 3.31. The highest BCUT2D eigenvalue weighted by molar-refractivity contribution is 5.69. The van der Waals surface area contributed by atoms with Gasteiger partial charge in [0, 0.05) is 13.0 Å². The van der Waals surface area contributed by atoms with Crippen molar-refractivity contribution in [3.63, 3.8) is 0 Å². The summed E-state index contributed by atoms with van der Waals surface area (Å²) in [5, 5.41) is 40.3. The predicted molar refractivity (Wildman–Crippen MR) is 270 cm³/mol. The quantitative estimate of drug-likeness (QED) is 0.0267. The van der Waals surface area contributed by atoms with E-state index in [1.54, 1.807) is 0 Å². The van der Waals surface area contributed by atoms with Crippen LogP contribution in [-0.4, -0.2) is 89.6 Å². The van der Waals surface area contributed by atoms with Gasteiger partial charge in [-0.2, -0.15) is 0 Å². The molecule has 386 valence electrons. The van der Waals surface area contributed by atoms with Crippen LogP contribution in [0.5, 0.6) is 0 Å². The Bertz CT molecular complexity index is 1010. The summed E-state index contributed by atoms with van der Waals surface area (Å²) in [4.78, 5) is 12.8. The average molecular weight is 925 g/mol. The second kappa shape index (κ2) is 48.0. The summed E-state index contributed by atoms with van der Waals surface area (Å²) in [6.45, 7) is 4.61. The van der Waals surface area contributed by atoms with E-state index < -0.39 is 43.4 Å². The standard InChI is InChI=1S/C56H108O9/c1-3-5-7-9-11-13-15-17-19-21-22-23-24-25-26-27-28-29-30-32-34-36-38-40-42-44-46-62-48-50(49-63-56-55(61)54(60)53(59)51(47-57)65-56)64-52(58)45-43-41-39-37-35-33-31-20-18-16-14-12-10-8-6-4-2/h20,31,50-51,53-57,59-61H,3-19,21-30,32-49H2,1-2H3/b31-20-. The summed E-state index contributed by atoms with van der Waals surface area (Å²) < 4.78 is 22.9. The lowest BCUT2D eigenvalue weighted by atomic mass is 9.99. The van der Waals surface area contributed by atoms with E-state index in [-0.39, 0.29) is 19.2 Å². The minimum Gasteiger partial charge on any atom is -0.457 e. The molecule has 65 heavy (non-hydrogen) atoms. The summed E-state index contributed by atoms with van der Waals surface area (Å²) in [6.07, 6.45) is 49.8. The zero-order chi connectivity index (χ0) is 47.1. The van der Waals surface area contributed by atoms with Crippen LogP contribution in [0.15, 0.2) is 12.2 Å².